The van der Waals surface area contributed by atoms with Crippen LogP contribution in [0.3, 0.4) is 0 Å². The average molecular weight is 208 g/mol. The summed E-state index contributed by atoms with van der Waals surface area (Å²) in [4.78, 5) is 0. The van der Waals surface area contributed by atoms with Crippen molar-refractivity contribution >= 4 is 21.8 Å². The Hall–Kier alpha value is -2.09. The van der Waals surface area contributed by atoms with Crippen molar-refractivity contribution in [2.45, 2.75) is 6.73 Å². The Labute approximate surface area is 92.7 Å². The normalized spacial score (nSPS) is 13.2. The van der Waals surface area contributed by atoms with Gasteiger partial charge in [-0.1, -0.05) is 18.2 Å². The Morgan fingerprint density at radius 3 is 2.81 bits per heavy atom. The van der Waals surface area contributed by atoms with E-state index in [1.807, 2.05) is 12.1 Å². The maximum Gasteiger partial charge on any atom is 0.293 e. The predicted octanol–water partition coefficient (Wildman–Crippen LogP) is 2.63. The van der Waals surface area contributed by atoms with Gasteiger partial charge in [-0.25, -0.2) is 0 Å². The molecule has 0 saturated heterocycles. The van der Waals surface area contributed by atoms with E-state index < -0.39 is 0 Å². The highest BCUT2D eigenvalue weighted by Crippen LogP contribution is 2.28. The zero-order valence-electron chi connectivity index (χ0n) is 8.68. The minimum atomic E-state index is 0.622. The molecule has 2 aromatic carbocycles. The van der Waals surface area contributed by atoms with Crippen LogP contribution in [0, 0.1) is 0 Å². The maximum atomic E-state index is 5.69. The third kappa shape index (κ3) is 0.890. The smallest absolute Gasteiger partial charge is 0.293 e. The lowest BCUT2D eigenvalue weighted by atomic mass is 10.1. The van der Waals surface area contributed by atoms with E-state index in [4.69, 9.17) is 4.74 Å². The number of aromatic nitrogens is 1. The first-order chi connectivity index (χ1) is 7.93. The van der Waals surface area contributed by atoms with E-state index in [2.05, 4.69) is 41.0 Å². The number of ether oxygens (including phenoxy) is 1. The molecule has 1 aliphatic heterocycles. The van der Waals surface area contributed by atoms with E-state index in [0.29, 0.717) is 6.73 Å². The Bertz CT molecular complexity index is 718. The highest BCUT2D eigenvalue weighted by atomic mass is 16.5. The summed E-state index contributed by atoms with van der Waals surface area (Å²) >= 11 is 0. The van der Waals surface area contributed by atoms with Gasteiger partial charge in [0.25, 0.3) is 12.2 Å². The summed E-state index contributed by atoms with van der Waals surface area (Å²) in [6, 6.07) is 16.8. The molecular weight excluding hydrogens is 198 g/mol. The molecule has 0 spiro atoms. The quantitative estimate of drug-likeness (QED) is 0.409. The predicted molar refractivity (Wildman–Crippen MR) is 62.3 cm³/mol. The first-order valence-electron chi connectivity index (χ1n) is 5.40. The highest BCUT2D eigenvalue weighted by molar-refractivity contribution is 5.91. The monoisotopic (exact) mass is 208 g/mol. The molecule has 0 N–H and O–H groups in total. The van der Waals surface area contributed by atoms with E-state index in [9.17, 15) is 0 Å². The van der Waals surface area contributed by atoms with Crippen molar-refractivity contribution in [3.63, 3.8) is 0 Å². The van der Waals surface area contributed by atoms with Crippen LogP contribution in [-0.4, -0.2) is 0 Å². The molecule has 0 radical (unpaired) electrons. The van der Waals surface area contributed by atoms with Crippen LogP contribution < -0.4 is 9.30 Å². The van der Waals surface area contributed by atoms with Crippen molar-refractivity contribution in [1.29, 1.82) is 0 Å². The van der Waals surface area contributed by atoms with Gasteiger partial charge in [-0.2, -0.15) is 4.57 Å². The fourth-order valence-corrected chi connectivity index (χ4v) is 2.47. The third-order valence-corrected chi connectivity index (χ3v) is 3.19. The highest BCUT2D eigenvalue weighted by Gasteiger charge is 2.25. The lowest BCUT2D eigenvalue weighted by Gasteiger charge is -1.98. The van der Waals surface area contributed by atoms with Crippen molar-refractivity contribution < 1.29 is 9.30 Å². The van der Waals surface area contributed by atoms with Crippen LogP contribution in [0.4, 0.5) is 0 Å². The summed E-state index contributed by atoms with van der Waals surface area (Å²) in [6.07, 6.45) is 0. The van der Waals surface area contributed by atoms with Gasteiger partial charge < -0.3 is 4.74 Å². The topological polar surface area (TPSA) is 13.1 Å². The molecule has 4 rings (SSSR count). The third-order valence-electron chi connectivity index (χ3n) is 3.19. The number of nitrogens with zero attached hydrogens (tertiary/aromatic N) is 1. The van der Waals surface area contributed by atoms with Crippen molar-refractivity contribution in [1.82, 2.24) is 0 Å². The molecule has 1 aromatic heterocycles. The van der Waals surface area contributed by atoms with Gasteiger partial charge in [-0.05, 0) is 24.3 Å². The van der Waals surface area contributed by atoms with Crippen LogP contribution in [0.5, 0.6) is 5.75 Å². The molecule has 0 unspecified atom stereocenters. The Balaban J connectivity index is 2.34. The van der Waals surface area contributed by atoms with Gasteiger partial charge in [0.2, 0.25) is 5.52 Å². The molecule has 0 saturated carbocycles. The molecule has 76 valence electrons. The minimum Gasteiger partial charge on any atom is -0.429 e. The Morgan fingerprint density at radius 1 is 0.938 bits per heavy atom. The fraction of sp³-hybridized carbons (Fsp3) is 0.0714. The number of hydrogen-bond donors (Lipinski definition) is 0. The van der Waals surface area contributed by atoms with Crippen LogP contribution in [0.25, 0.3) is 21.8 Å². The van der Waals surface area contributed by atoms with Crippen LogP contribution >= 0.6 is 0 Å². The molecular formula is C14H10NO+. The molecule has 0 aliphatic carbocycles. The van der Waals surface area contributed by atoms with Crippen LogP contribution in [0.15, 0.2) is 48.5 Å². The number of benzene rings is 2. The molecule has 3 aromatic rings. The fourth-order valence-electron chi connectivity index (χ4n) is 2.47. The van der Waals surface area contributed by atoms with Gasteiger partial charge >= 0.3 is 0 Å². The molecule has 0 bridgehead atoms. The van der Waals surface area contributed by atoms with Gasteiger partial charge in [0.15, 0.2) is 5.75 Å². The van der Waals surface area contributed by atoms with E-state index in [1.165, 1.54) is 21.8 Å². The van der Waals surface area contributed by atoms with Crippen molar-refractivity contribution in [2.75, 3.05) is 0 Å². The number of hydrogen-bond acceptors (Lipinski definition) is 1. The lowest BCUT2D eigenvalue weighted by molar-refractivity contribution is -0.663. The number of para-hydroxylation sites is 2. The van der Waals surface area contributed by atoms with Crippen LogP contribution in [-0.2, 0) is 6.73 Å². The summed E-state index contributed by atoms with van der Waals surface area (Å²) in [6.45, 7) is 0.622. The number of fused-ring (bicyclic) bond motifs is 2. The van der Waals surface area contributed by atoms with Gasteiger partial charge in [0.05, 0.1) is 5.39 Å². The average Bonchev–Trinajstić information content (AvgIpc) is 2.76. The summed E-state index contributed by atoms with van der Waals surface area (Å²) in [5, 5.41) is 2.51. The van der Waals surface area contributed by atoms with Crippen molar-refractivity contribution in [3.8, 4) is 5.75 Å². The molecule has 0 fully saturated rings. The molecule has 2 heterocycles. The van der Waals surface area contributed by atoms with Crippen molar-refractivity contribution in [2.24, 2.45) is 0 Å². The molecule has 16 heavy (non-hydrogen) atoms. The second-order valence-electron chi connectivity index (χ2n) is 4.10. The summed E-state index contributed by atoms with van der Waals surface area (Å²) in [7, 11) is 0. The van der Waals surface area contributed by atoms with Crippen LogP contribution in [0.2, 0.25) is 0 Å². The largest absolute Gasteiger partial charge is 0.429 e. The van der Waals surface area contributed by atoms with E-state index >= 15 is 0 Å². The van der Waals surface area contributed by atoms with E-state index in [1.54, 1.807) is 0 Å². The lowest BCUT2D eigenvalue weighted by Crippen LogP contribution is -2.33. The summed E-state index contributed by atoms with van der Waals surface area (Å²) in [5.74, 6) is 0.989. The Morgan fingerprint density at radius 2 is 1.81 bits per heavy atom. The second kappa shape index (κ2) is 2.73. The van der Waals surface area contributed by atoms with Crippen LogP contribution in [0.1, 0.15) is 0 Å². The van der Waals surface area contributed by atoms with Gasteiger partial charge in [0, 0.05) is 11.5 Å². The van der Waals surface area contributed by atoms with Crippen molar-refractivity contribution in [3.05, 3.63) is 48.5 Å². The molecule has 2 heteroatoms. The zero-order valence-corrected chi connectivity index (χ0v) is 8.68. The molecule has 0 amide bonds. The first kappa shape index (κ1) is 8.11. The van der Waals surface area contributed by atoms with Gasteiger partial charge in [0.1, 0.15) is 0 Å². The summed E-state index contributed by atoms with van der Waals surface area (Å²) < 4.78 is 7.92. The zero-order chi connectivity index (χ0) is 10.5. The van der Waals surface area contributed by atoms with Gasteiger partial charge in [-0.3, -0.25) is 0 Å². The SMILES string of the molecule is c1ccc2c(c1)cc1cccc3c1[n+]2CO3. The molecule has 1 aliphatic rings. The Kier molecular flexibility index (Phi) is 1.38. The molecule has 0 atom stereocenters. The van der Waals surface area contributed by atoms with Gasteiger partial charge in [-0.15, -0.1) is 0 Å². The number of pyridine rings is 1. The maximum absolute atomic E-state index is 5.69. The van der Waals surface area contributed by atoms with E-state index in [0.717, 1.165) is 5.75 Å². The molecule has 2 nitrogen and oxygen atoms in total. The number of rotatable bonds is 0. The second-order valence-corrected chi connectivity index (χ2v) is 4.10. The minimum absolute atomic E-state index is 0.622. The summed E-state index contributed by atoms with van der Waals surface area (Å²) in [5.41, 5.74) is 2.45. The van der Waals surface area contributed by atoms with E-state index in [-0.39, 0.29) is 0 Å². The first-order valence-corrected chi connectivity index (χ1v) is 5.40. The standard InChI is InChI=1S/C14H10NO/c1-2-6-12-10(4-1)8-11-5-3-7-13-14(11)15(12)9-16-13/h1-8H,9H2/q+1.